The van der Waals surface area contributed by atoms with E-state index in [1.165, 1.54) is 0 Å². The molecule has 2 rings (SSSR count). The number of hydrogen-bond acceptors (Lipinski definition) is 2. The number of unbranched alkanes of at least 4 members (excludes halogenated alkanes) is 1. The highest BCUT2D eigenvalue weighted by molar-refractivity contribution is 5.79. The van der Waals surface area contributed by atoms with E-state index in [2.05, 4.69) is 12.2 Å². The van der Waals surface area contributed by atoms with Crippen molar-refractivity contribution in [3.8, 4) is 0 Å². The first-order chi connectivity index (χ1) is 9.61. The Bertz CT molecular complexity index is 347. The summed E-state index contributed by atoms with van der Waals surface area (Å²) in [6.45, 7) is 4.39. The summed E-state index contributed by atoms with van der Waals surface area (Å²) in [6.07, 6.45) is 5.99. The fraction of sp³-hybridized carbons (Fsp3) is 0.867. The number of nitrogens with zero attached hydrogens (tertiary/aromatic N) is 2. The van der Waals surface area contributed by atoms with Crippen LogP contribution in [0.25, 0.3) is 0 Å². The third-order valence-corrected chi connectivity index (χ3v) is 4.26. The standard InChI is InChI=1S/C15H27N3O2/c1-3-4-9-17(2)14(19)12-7-10-18(11-8-12)15(20)16-13-5-6-13/h12-13H,3-11H2,1-2H3,(H,16,20). The van der Waals surface area contributed by atoms with Crippen LogP contribution in [0.1, 0.15) is 45.4 Å². The fourth-order valence-corrected chi connectivity index (χ4v) is 2.64. The number of urea groups is 1. The first-order valence-corrected chi connectivity index (χ1v) is 7.92. The molecule has 0 unspecified atom stereocenters. The predicted molar refractivity (Wildman–Crippen MR) is 78.4 cm³/mol. The number of hydrogen-bond donors (Lipinski definition) is 1. The van der Waals surface area contributed by atoms with Gasteiger partial charge in [-0.3, -0.25) is 4.79 Å². The summed E-state index contributed by atoms with van der Waals surface area (Å²) in [7, 11) is 1.89. The number of nitrogens with one attached hydrogen (secondary N) is 1. The summed E-state index contributed by atoms with van der Waals surface area (Å²) >= 11 is 0. The minimum Gasteiger partial charge on any atom is -0.346 e. The average Bonchev–Trinajstić information content (AvgIpc) is 3.28. The van der Waals surface area contributed by atoms with Gasteiger partial charge in [-0.25, -0.2) is 4.79 Å². The van der Waals surface area contributed by atoms with Crippen LogP contribution in [-0.4, -0.2) is 54.5 Å². The van der Waals surface area contributed by atoms with Gasteiger partial charge in [0.25, 0.3) is 0 Å². The second-order valence-corrected chi connectivity index (χ2v) is 6.10. The van der Waals surface area contributed by atoms with E-state index in [0.29, 0.717) is 19.1 Å². The maximum atomic E-state index is 12.3. The zero-order valence-corrected chi connectivity index (χ0v) is 12.7. The maximum absolute atomic E-state index is 12.3. The van der Waals surface area contributed by atoms with Gasteiger partial charge in [0.2, 0.25) is 5.91 Å². The Balaban J connectivity index is 1.72. The molecule has 1 saturated carbocycles. The molecule has 2 aliphatic rings. The fourth-order valence-electron chi connectivity index (χ4n) is 2.64. The van der Waals surface area contributed by atoms with E-state index < -0.39 is 0 Å². The minimum absolute atomic E-state index is 0.0535. The van der Waals surface area contributed by atoms with Crippen LogP contribution in [0.3, 0.4) is 0 Å². The van der Waals surface area contributed by atoms with Crippen molar-refractivity contribution in [2.24, 2.45) is 5.92 Å². The van der Waals surface area contributed by atoms with Crippen molar-refractivity contribution in [2.45, 2.75) is 51.5 Å². The van der Waals surface area contributed by atoms with Gasteiger partial charge in [0.15, 0.2) is 0 Å². The van der Waals surface area contributed by atoms with Gasteiger partial charge in [0.05, 0.1) is 0 Å². The van der Waals surface area contributed by atoms with E-state index in [1.54, 1.807) is 0 Å². The quantitative estimate of drug-likeness (QED) is 0.836. The molecule has 114 valence electrons. The van der Waals surface area contributed by atoms with Crippen molar-refractivity contribution in [1.29, 1.82) is 0 Å². The van der Waals surface area contributed by atoms with Crippen molar-refractivity contribution < 1.29 is 9.59 Å². The van der Waals surface area contributed by atoms with E-state index in [1.807, 2.05) is 16.8 Å². The summed E-state index contributed by atoms with van der Waals surface area (Å²) < 4.78 is 0. The highest BCUT2D eigenvalue weighted by Crippen LogP contribution is 2.22. The van der Waals surface area contributed by atoms with Crippen LogP contribution in [0.2, 0.25) is 0 Å². The van der Waals surface area contributed by atoms with Crippen molar-refractivity contribution in [3.63, 3.8) is 0 Å². The summed E-state index contributed by atoms with van der Waals surface area (Å²) in [4.78, 5) is 27.9. The minimum atomic E-state index is 0.0535. The Morgan fingerprint density at radius 3 is 2.40 bits per heavy atom. The predicted octanol–water partition coefficient (Wildman–Crippen LogP) is 1.83. The molecule has 20 heavy (non-hydrogen) atoms. The normalized spacial score (nSPS) is 19.8. The molecular weight excluding hydrogens is 254 g/mol. The van der Waals surface area contributed by atoms with Gasteiger partial charge in [-0.15, -0.1) is 0 Å². The molecule has 0 bridgehead atoms. The van der Waals surface area contributed by atoms with Crippen molar-refractivity contribution in [3.05, 3.63) is 0 Å². The van der Waals surface area contributed by atoms with Crippen molar-refractivity contribution in [1.82, 2.24) is 15.1 Å². The number of rotatable bonds is 5. The lowest BCUT2D eigenvalue weighted by atomic mass is 9.95. The monoisotopic (exact) mass is 281 g/mol. The van der Waals surface area contributed by atoms with E-state index in [0.717, 1.165) is 45.1 Å². The third-order valence-electron chi connectivity index (χ3n) is 4.26. The Labute approximate surface area is 121 Å². The van der Waals surface area contributed by atoms with Crippen LogP contribution in [0, 0.1) is 5.92 Å². The lowest BCUT2D eigenvalue weighted by Gasteiger charge is -2.33. The highest BCUT2D eigenvalue weighted by atomic mass is 16.2. The third kappa shape index (κ3) is 4.12. The lowest BCUT2D eigenvalue weighted by molar-refractivity contribution is -0.135. The van der Waals surface area contributed by atoms with Crippen LogP contribution in [0.5, 0.6) is 0 Å². The molecule has 1 aliphatic carbocycles. The number of carbonyl (C=O) groups excluding carboxylic acids is 2. The van der Waals surface area contributed by atoms with E-state index >= 15 is 0 Å². The van der Waals surface area contributed by atoms with Gasteiger partial charge < -0.3 is 15.1 Å². The molecular formula is C15H27N3O2. The van der Waals surface area contributed by atoms with E-state index in [-0.39, 0.29) is 17.9 Å². The van der Waals surface area contributed by atoms with Gasteiger partial charge >= 0.3 is 6.03 Å². The Morgan fingerprint density at radius 1 is 1.20 bits per heavy atom. The molecule has 0 radical (unpaired) electrons. The Kier molecular flexibility index (Phi) is 5.26. The molecule has 3 amide bonds. The molecule has 5 heteroatoms. The first-order valence-electron chi connectivity index (χ1n) is 7.92. The van der Waals surface area contributed by atoms with Crippen LogP contribution in [-0.2, 0) is 4.79 Å². The number of amides is 3. The number of likely N-dealkylation sites (tertiary alicyclic amines) is 1. The van der Waals surface area contributed by atoms with Crippen molar-refractivity contribution >= 4 is 11.9 Å². The van der Waals surface area contributed by atoms with E-state index in [9.17, 15) is 9.59 Å². The molecule has 1 saturated heterocycles. The number of carbonyl (C=O) groups is 2. The number of piperidine rings is 1. The zero-order valence-electron chi connectivity index (χ0n) is 12.7. The summed E-state index contributed by atoms with van der Waals surface area (Å²) in [5, 5.41) is 3.01. The van der Waals surface area contributed by atoms with E-state index in [4.69, 9.17) is 0 Å². The molecule has 5 nitrogen and oxygen atoms in total. The molecule has 2 fully saturated rings. The van der Waals surface area contributed by atoms with Gasteiger partial charge in [-0.05, 0) is 32.1 Å². The molecule has 0 atom stereocenters. The molecule has 0 spiro atoms. The summed E-state index contributed by atoms with van der Waals surface area (Å²) in [5.41, 5.74) is 0. The molecule has 1 aliphatic heterocycles. The smallest absolute Gasteiger partial charge is 0.317 e. The highest BCUT2D eigenvalue weighted by Gasteiger charge is 2.31. The second-order valence-electron chi connectivity index (χ2n) is 6.10. The second kappa shape index (κ2) is 6.95. The first kappa shape index (κ1) is 15.1. The van der Waals surface area contributed by atoms with Gasteiger partial charge in [0.1, 0.15) is 0 Å². The van der Waals surface area contributed by atoms with Gasteiger partial charge in [-0.2, -0.15) is 0 Å². The molecule has 0 aromatic heterocycles. The van der Waals surface area contributed by atoms with Crippen LogP contribution >= 0.6 is 0 Å². The van der Waals surface area contributed by atoms with Gasteiger partial charge in [-0.1, -0.05) is 13.3 Å². The zero-order chi connectivity index (χ0) is 14.5. The summed E-state index contributed by atoms with van der Waals surface area (Å²) in [6, 6.07) is 0.458. The molecule has 0 aromatic rings. The topological polar surface area (TPSA) is 52.7 Å². The maximum Gasteiger partial charge on any atom is 0.317 e. The van der Waals surface area contributed by atoms with Gasteiger partial charge in [0, 0.05) is 38.6 Å². The van der Waals surface area contributed by atoms with Crippen LogP contribution in [0.4, 0.5) is 4.79 Å². The molecule has 1 heterocycles. The summed E-state index contributed by atoms with van der Waals surface area (Å²) in [5.74, 6) is 0.350. The average molecular weight is 281 g/mol. The molecule has 0 aromatic carbocycles. The molecule has 1 N–H and O–H groups in total. The Morgan fingerprint density at radius 2 is 1.85 bits per heavy atom. The Hall–Kier alpha value is -1.26. The lowest BCUT2D eigenvalue weighted by Crippen LogP contribution is -2.47. The van der Waals surface area contributed by atoms with Crippen LogP contribution in [0.15, 0.2) is 0 Å². The SMILES string of the molecule is CCCCN(C)C(=O)C1CCN(C(=O)NC2CC2)CC1. The van der Waals surface area contributed by atoms with Crippen molar-refractivity contribution in [2.75, 3.05) is 26.7 Å². The van der Waals surface area contributed by atoms with Crippen LogP contribution < -0.4 is 5.32 Å². The largest absolute Gasteiger partial charge is 0.346 e.